The molecule has 1 fully saturated rings. The van der Waals surface area contributed by atoms with Gasteiger partial charge in [0.1, 0.15) is 0 Å². The average Bonchev–Trinajstić information content (AvgIpc) is 2.23. The molecule has 1 saturated heterocycles. The quantitative estimate of drug-likeness (QED) is 0.721. The molecule has 1 heterocycles. The van der Waals surface area contributed by atoms with Crippen molar-refractivity contribution >= 4 is 11.5 Å². The van der Waals surface area contributed by atoms with Crippen LogP contribution in [0.25, 0.3) is 0 Å². The van der Waals surface area contributed by atoms with Crippen LogP contribution in [0.15, 0.2) is 24.3 Å². The third kappa shape index (κ3) is 1.97. The molecule has 0 atom stereocenters. The molecule has 0 amide bonds. The number of anilines is 1. The molecule has 0 spiro atoms. The topological polar surface area (TPSA) is 20.3 Å². The van der Waals surface area contributed by atoms with Crippen LogP contribution in [-0.2, 0) is 4.79 Å². The Hall–Kier alpha value is -1.31. The van der Waals surface area contributed by atoms with Crippen LogP contribution in [0.5, 0.6) is 0 Å². The standard InChI is InChI=1S/C14H19NO/c1-11-6-4-5-7-12(11)15-9-8-14(2,3)13(16)10-15/h4-7H,8-10H2,1-3H3. The van der Waals surface area contributed by atoms with Gasteiger partial charge in [-0.3, -0.25) is 4.79 Å². The van der Waals surface area contributed by atoms with Gasteiger partial charge >= 0.3 is 0 Å². The summed E-state index contributed by atoms with van der Waals surface area (Å²) in [6.07, 6.45) is 0.945. The smallest absolute Gasteiger partial charge is 0.157 e. The van der Waals surface area contributed by atoms with Gasteiger partial charge in [-0.25, -0.2) is 0 Å². The van der Waals surface area contributed by atoms with E-state index in [-0.39, 0.29) is 5.41 Å². The number of ketones is 1. The Morgan fingerprint density at radius 1 is 1.25 bits per heavy atom. The van der Waals surface area contributed by atoms with E-state index in [9.17, 15) is 4.79 Å². The number of Topliss-reactive ketones (excluding diaryl/α,β-unsaturated/α-hetero) is 1. The molecule has 1 aliphatic rings. The summed E-state index contributed by atoms with van der Waals surface area (Å²) in [6, 6.07) is 8.27. The fourth-order valence-corrected chi connectivity index (χ4v) is 2.14. The number of rotatable bonds is 1. The van der Waals surface area contributed by atoms with Crippen LogP contribution in [0.3, 0.4) is 0 Å². The molecule has 0 radical (unpaired) electrons. The molecule has 0 N–H and O–H groups in total. The van der Waals surface area contributed by atoms with Crippen molar-refractivity contribution in [3.05, 3.63) is 29.8 Å². The molecule has 86 valence electrons. The molecule has 1 aromatic carbocycles. The van der Waals surface area contributed by atoms with E-state index < -0.39 is 0 Å². The second-order valence-electron chi connectivity index (χ2n) is 5.27. The van der Waals surface area contributed by atoms with Gasteiger partial charge in [0.05, 0.1) is 6.54 Å². The third-order valence-corrected chi connectivity index (χ3v) is 3.55. The number of carbonyl (C=O) groups is 1. The van der Waals surface area contributed by atoms with Gasteiger partial charge in [-0.1, -0.05) is 32.0 Å². The summed E-state index contributed by atoms with van der Waals surface area (Å²) in [5.74, 6) is 0.349. The highest BCUT2D eigenvalue weighted by molar-refractivity contribution is 5.89. The van der Waals surface area contributed by atoms with Crippen molar-refractivity contribution in [3.8, 4) is 0 Å². The van der Waals surface area contributed by atoms with Crippen LogP contribution in [0.2, 0.25) is 0 Å². The number of hydrogen-bond acceptors (Lipinski definition) is 2. The van der Waals surface area contributed by atoms with Crippen LogP contribution >= 0.6 is 0 Å². The lowest BCUT2D eigenvalue weighted by Crippen LogP contribution is -2.45. The molecule has 2 heteroatoms. The van der Waals surface area contributed by atoms with Crippen molar-refractivity contribution in [1.82, 2.24) is 0 Å². The van der Waals surface area contributed by atoms with E-state index >= 15 is 0 Å². The molecule has 0 saturated carbocycles. The molecule has 0 aromatic heterocycles. The number of benzene rings is 1. The van der Waals surface area contributed by atoms with Gasteiger partial charge in [-0.15, -0.1) is 0 Å². The molecule has 2 nitrogen and oxygen atoms in total. The van der Waals surface area contributed by atoms with Crippen molar-refractivity contribution in [3.63, 3.8) is 0 Å². The van der Waals surface area contributed by atoms with Crippen molar-refractivity contribution in [1.29, 1.82) is 0 Å². The Morgan fingerprint density at radius 2 is 1.94 bits per heavy atom. The van der Waals surface area contributed by atoms with E-state index in [0.717, 1.165) is 13.0 Å². The van der Waals surface area contributed by atoms with Gasteiger partial charge < -0.3 is 4.90 Å². The van der Waals surface area contributed by atoms with Crippen LogP contribution in [-0.4, -0.2) is 18.9 Å². The van der Waals surface area contributed by atoms with Crippen molar-refractivity contribution in [2.45, 2.75) is 27.2 Å². The number of aryl methyl sites for hydroxylation is 1. The van der Waals surface area contributed by atoms with Crippen LogP contribution in [0.1, 0.15) is 25.8 Å². The Balaban J connectivity index is 2.20. The summed E-state index contributed by atoms with van der Waals surface area (Å²) in [5.41, 5.74) is 2.31. The SMILES string of the molecule is Cc1ccccc1N1CCC(C)(C)C(=O)C1. The zero-order valence-electron chi connectivity index (χ0n) is 10.3. The number of hydrogen-bond donors (Lipinski definition) is 0. The van der Waals surface area contributed by atoms with Gasteiger partial charge in [-0.05, 0) is 25.0 Å². The van der Waals surface area contributed by atoms with E-state index in [2.05, 4.69) is 24.0 Å². The summed E-state index contributed by atoms with van der Waals surface area (Å²) in [6.45, 7) is 7.72. The maximum absolute atomic E-state index is 12.0. The zero-order chi connectivity index (χ0) is 11.8. The second-order valence-corrected chi connectivity index (χ2v) is 5.27. The minimum absolute atomic E-state index is 0.140. The summed E-state index contributed by atoms with van der Waals surface area (Å²) >= 11 is 0. The summed E-state index contributed by atoms with van der Waals surface area (Å²) in [4.78, 5) is 14.2. The summed E-state index contributed by atoms with van der Waals surface area (Å²) < 4.78 is 0. The van der Waals surface area contributed by atoms with E-state index in [1.54, 1.807) is 0 Å². The zero-order valence-corrected chi connectivity index (χ0v) is 10.3. The summed E-state index contributed by atoms with van der Waals surface area (Å²) in [7, 11) is 0. The fourth-order valence-electron chi connectivity index (χ4n) is 2.14. The predicted octanol–water partition coefficient (Wildman–Crippen LogP) is 2.80. The lowest BCUT2D eigenvalue weighted by molar-refractivity contribution is -0.127. The maximum atomic E-state index is 12.0. The highest BCUT2D eigenvalue weighted by atomic mass is 16.1. The van der Waals surface area contributed by atoms with E-state index in [0.29, 0.717) is 12.3 Å². The lowest BCUT2D eigenvalue weighted by atomic mass is 9.81. The number of nitrogens with zero attached hydrogens (tertiary/aromatic N) is 1. The van der Waals surface area contributed by atoms with E-state index in [4.69, 9.17) is 0 Å². The first kappa shape index (κ1) is 11.2. The van der Waals surface area contributed by atoms with E-state index in [1.165, 1.54) is 11.3 Å². The average molecular weight is 217 g/mol. The first-order valence-corrected chi connectivity index (χ1v) is 5.84. The maximum Gasteiger partial charge on any atom is 0.157 e. The highest BCUT2D eigenvalue weighted by Gasteiger charge is 2.33. The number of carbonyl (C=O) groups excluding carboxylic acids is 1. The second kappa shape index (κ2) is 3.93. The number of piperidine rings is 1. The van der Waals surface area contributed by atoms with Gasteiger partial charge in [0.25, 0.3) is 0 Å². The first-order valence-electron chi connectivity index (χ1n) is 5.84. The van der Waals surface area contributed by atoms with Crippen LogP contribution < -0.4 is 4.90 Å². The predicted molar refractivity (Wildman–Crippen MR) is 66.8 cm³/mol. The minimum atomic E-state index is -0.140. The van der Waals surface area contributed by atoms with Gasteiger partial charge in [-0.2, -0.15) is 0 Å². The highest BCUT2D eigenvalue weighted by Crippen LogP contribution is 2.30. The van der Waals surface area contributed by atoms with Crippen molar-refractivity contribution in [2.24, 2.45) is 5.41 Å². The molecule has 16 heavy (non-hydrogen) atoms. The van der Waals surface area contributed by atoms with Crippen LogP contribution in [0, 0.1) is 12.3 Å². The normalized spacial score (nSPS) is 19.9. The molecular formula is C14H19NO. The fraction of sp³-hybridized carbons (Fsp3) is 0.500. The monoisotopic (exact) mass is 217 g/mol. The molecule has 0 aliphatic carbocycles. The lowest BCUT2D eigenvalue weighted by Gasteiger charge is -2.37. The molecule has 0 bridgehead atoms. The molecule has 2 rings (SSSR count). The third-order valence-electron chi connectivity index (χ3n) is 3.55. The largest absolute Gasteiger partial charge is 0.364 e. The molecule has 1 aliphatic heterocycles. The van der Waals surface area contributed by atoms with Crippen molar-refractivity contribution < 1.29 is 4.79 Å². The van der Waals surface area contributed by atoms with Crippen LogP contribution in [0.4, 0.5) is 5.69 Å². The van der Waals surface area contributed by atoms with Crippen molar-refractivity contribution in [2.75, 3.05) is 18.0 Å². The molecule has 0 unspecified atom stereocenters. The Kier molecular flexibility index (Phi) is 2.75. The van der Waals surface area contributed by atoms with E-state index in [1.807, 2.05) is 26.0 Å². The van der Waals surface area contributed by atoms with Gasteiger partial charge in [0, 0.05) is 17.6 Å². The van der Waals surface area contributed by atoms with Gasteiger partial charge in [0.2, 0.25) is 0 Å². The Bertz CT molecular complexity index is 409. The minimum Gasteiger partial charge on any atom is -0.364 e. The first-order chi connectivity index (χ1) is 7.50. The Labute approximate surface area is 97.3 Å². The summed E-state index contributed by atoms with van der Waals surface area (Å²) in [5, 5.41) is 0. The molecule has 1 aromatic rings. The number of para-hydroxylation sites is 1. The van der Waals surface area contributed by atoms with Gasteiger partial charge in [0.15, 0.2) is 5.78 Å². The molecular weight excluding hydrogens is 198 g/mol. The Morgan fingerprint density at radius 3 is 2.56 bits per heavy atom.